The third kappa shape index (κ3) is 4.73. The standard InChI is InChI=1S/C21H21FN2O4/c22-17-11-16(21(27)28)9-10-18(17)24-20(26)15-7-5-13(6-8-15)12-23-19(25)14-3-1-2-4-14/h5-11,14H,1-4,12H2,(H,23,25)(H,24,26)(H,27,28). The minimum absolute atomic E-state index is 0.0691. The number of carbonyl (C=O) groups excluding carboxylic acids is 2. The van der Waals surface area contributed by atoms with E-state index >= 15 is 0 Å². The molecule has 1 saturated carbocycles. The van der Waals surface area contributed by atoms with Gasteiger partial charge in [0.25, 0.3) is 5.91 Å². The van der Waals surface area contributed by atoms with Crippen molar-refractivity contribution in [3.63, 3.8) is 0 Å². The topological polar surface area (TPSA) is 95.5 Å². The van der Waals surface area contributed by atoms with E-state index in [0.29, 0.717) is 12.1 Å². The van der Waals surface area contributed by atoms with Crippen molar-refractivity contribution in [2.75, 3.05) is 5.32 Å². The Hall–Kier alpha value is -3.22. The monoisotopic (exact) mass is 384 g/mol. The van der Waals surface area contributed by atoms with E-state index in [4.69, 9.17) is 5.11 Å². The predicted molar refractivity (Wildman–Crippen MR) is 102 cm³/mol. The first-order chi connectivity index (χ1) is 13.4. The Labute approximate surface area is 161 Å². The van der Waals surface area contributed by atoms with Gasteiger partial charge in [-0.1, -0.05) is 25.0 Å². The van der Waals surface area contributed by atoms with E-state index in [-0.39, 0.29) is 23.1 Å². The van der Waals surface area contributed by atoms with E-state index in [1.54, 1.807) is 24.3 Å². The lowest BCUT2D eigenvalue weighted by Gasteiger charge is -2.11. The summed E-state index contributed by atoms with van der Waals surface area (Å²) in [5, 5.41) is 14.2. The molecule has 2 aromatic carbocycles. The first-order valence-electron chi connectivity index (χ1n) is 9.15. The number of rotatable bonds is 6. The van der Waals surface area contributed by atoms with Crippen LogP contribution in [-0.2, 0) is 11.3 Å². The lowest BCUT2D eigenvalue weighted by atomic mass is 10.1. The Morgan fingerprint density at radius 2 is 1.64 bits per heavy atom. The van der Waals surface area contributed by atoms with Gasteiger partial charge in [0.1, 0.15) is 5.82 Å². The van der Waals surface area contributed by atoms with Crippen LogP contribution in [0.3, 0.4) is 0 Å². The molecule has 146 valence electrons. The Morgan fingerprint density at radius 1 is 1.00 bits per heavy atom. The van der Waals surface area contributed by atoms with Crippen LogP contribution in [0.25, 0.3) is 0 Å². The Kier molecular flexibility index (Phi) is 6.03. The second-order valence-corrected chi connectivity index (χ2v) is 6.85. The van der Waals surface area contributed by atoms with Gasteiger partial charge >= 0.3 is 5.97 Å². The highest BCUT2D eigenvalue weighted by Gasteiger charge is 2.22. The van der Waals surface area contributed by atoms with Gasteiger partial charge in [0.15, 0.2) is 0 Å². The van der Waals surface area contributed by atoms with Crippen molar-refractivity contribution in [2.45, 2.75) is 32.2 Å². The summed E-state index contributed by atoms with van der Waals surface area (Å²) in [5.74, 6) is -2.40. The number of carbonyl (C=O) groups is 3. The lowest BCUT2D eigenvalue weighted by Crippen LogP contribution is -2.28. The van der Waals surface area contributed by atoms with Crippen LogP contribution >= 0.6 is 0 Å². The average molecular weight is 384 g/mol. The number of amides is 2. The molecular weight excluding hydrogens is 363 g/mol. The minimum atomic E-state index is -1.24. The Morgan fingerprint density at radius 3 is 2.25 bits per heavy atom. The molecule has 3 rings (SSSR count). The van der Waals surface area contributed by atoms with Gasteiger partial charge in [-0.05, 0) is 48.7 Å². The Balaban J connectivity index is 1.57. The van der Waals surface area contributed by atoms with Crippen LogP contribution in [0.2, 0.25) is 0 Å². The summed E-state index contributed by atoms with van der Waals surface area (Å²) in [6, 6.07) is 9.93. The van der Waals surface area contributed by atoms with Crippen LogP contribution < -0.4 is 10.6 Å². The fourth-order valence-electron chi connectivity index (χ4n) is 3.24. The molecule has 0 saturated heterocycles. The molecule has 0 aliphatic heterocycles. The zero-order valence-corrected chi connectivity index (χ0v) is 15.2. The quantitative estimate of drug-likeness (QED) is 0.709. The van der Waals surface area contributed by atoms with E-state index < -0.39 is 17.7 Å². The van der Waals surface area contributed by atoms with Gasteiger partial charge in [-0.2, -0.15) is 0 Å². The largest absolute Gasteiger partial charge is 0.478 e. The van der Waals surface area contributed by atoms with Crippen molar-refractivity contribution >= 4 is 23.5 Å². The molecule has 0 heterocycles. The number of anilines is 1. The molecule has 6 nitrogen and oxygen atoms in total. The molecule has 0 unspecified atom stereocenters. The number of hydrogen-bond donors (Lipinski definition) is 3. The van der Waals surface area contributed by atoms with Crippen LogP contribution in [0.4, 0.5) is 10.1 Å². The summed E-state index contributed by atoms with van der Waals surface area (Å²) < 4.78 is 13.9. The second kappa shape index (κ2) is 8.65. The molecule has 1 fully saturated rings. The predicted octanol–water partition coefficient (Wildman–Crippen LogP) is 3.58. The number of carboxylic acid groups (broad SMARTS) is 1. The molecular formula is C21H21FN2O4. The number of benzene rings is 2. The molecule has 0 spiro atoms. The third-order valence-electron chi connectivity index (χ3n) is 4.87. The highest BCUT2D eigenvalue weighted by molar-refractivity contribution is 6.04. The SMILES string of the molecule is O=C(O)c1ccc(NC(=O)c2ccc(CNC(=O)C3CCCC3)cc2)c(F)c1. The smallest absolute Gasteiger partial charge is 0.335 e. The molecule has 7 heteroatoms. The highest BCUT2D eigenvalue weighted by atomic mass is 19.1. The van der Waals surface area contributed by atoms with Crippen LogP contribution in [0, 0.1) is 11.7 Å². The molecule has 2 aromatic rings. The summed E-state index contributed by atoms with van der Waals surface area (Å²) in [4.78, 5) is 35.1. The molecule has 2 amide bonds. The molecule has 1 aliphatic carbocycles. The van der Waals surface area contributed by atoms with Crippen molar-refractivity contribution in [3.8, 4) is 0 Å². The molecule has 0 aromatic heterocycles. The maximum atomic E-state index is 13.9. The number of aromatic carboxylic acids is 1. The van der Waals surface area contributed by atoms with Gasteiger partial charge in [-0.25, -0.2) is 9.18 Å². The van der Waals surface area contributed by atoms with E-state index in [1.165, 1.54) is 12.1 Å². The summed E-state index contributed by atoms with van der Waals surface area (Å²) in [7, 11) is 0. The van der Waals surface area contributed by atoms with Crippen molar-refractivity contribution in [1.29, 1.82) is 0 Å². The number of carboxylic acids is 1. The van der Waals surface area contributed by atoms with Crippen LogP contribution in [-0.4, -0.2) is 22.9 Å². The number of hydrogen-bond acceptors (Lipinski definition) is 3. The van der Waals surface area contributed by atoms with E-state index in [9.17, 15) is 18.8 Å². The summed E-state index contributed by atoms with van der Waals surface area (Å²) in [6.45, 7) is 0.391. The molecule has 3 N–H and O–H groups in total. The number of nitrogens with one attached hydrogen (secondary N) is 2. The van der Waals surface area contributed by atoms with Crippen molar-refractivity contribution in [2.24, 2.45) is 5.92 Å². The van der Waals surface area contributed by atoms with Gasteiger partial charge in [0.2, 0.25) is 5.91 Å². The fraction of sp³-hybridized carbons (Fsp3) is 0.286. The molecule has 0 atom stereocenters. The lowest BCUT2D eigenvalue weighted by molar-refractivity contribution is -0.124. The van der Waals surface area contributed by atoms with E-state index in [2.05, 4.69) is 10.6 Å². The number of halogens is 1. The molecule has 0 radical (unpaired) electrons. The van der Waals surface area contributed by atoms with Crippen molar-refractivity contribution < 1.29 is 23.9 Å². The van der Waals surface area contributed by atoms with Gasteiger partial charge in [0, 0.05) is 18.0 Å². The van der Waals surface area contributed by atoms with Crippen LogP contribution in [0.5, 0.6) is 0 Å². The molecule has 1 aliphatic rings. The molecule has 0 bridgehead atoms. The second-order valence-electron chi connectivity index (χ2n) is 6.85. The van der Waals surface area contributed by atoms with E-state index in [1.807, 2.05) is 0 Å². The van der Waals surface area contributed by atoms with Gasteiger partial charge < -0.3 is 15.7 Å². The molecule has 28 heavy (non-hydrogen) atoms. The maximum Gasteiger partial charge on any atom is 0.335 e. The zero-order chi connectivity index (χ0) is 20.1. The highest BCUT2D eigenvalue weighted by Crippen LogP contribution is 2.24. The summed E-state index contributed by atoms with van der Waals surface area (Å²) in [6.07, 6.45) is 4.08. The van der Waals surface area contributed by atoms with Crippen LogP contribution in [0.15, 0.2) is 42.5 Å². The van der Waals surface area contributed by atoms with Gasteiger partial charge in [-0.15, -0.1) is 0 Å². The average Bonchev–Trinajstić information content (AvgIpc) is 3.23. The van der Waals surface area contributed by atoms with E-state index in [0.717, 1.165) is 37.3 Å². The zero-order valence-electron chi connectivity index (χ0n) is 15.2. The maximum absolute atomic E-state index is 13.9. The fourth-order valence-corrected chi connectivity index (χ4v) is 3.24. The minimum Gasteiger partial charge on any atom is -0.478 e. The Bertz CT molecular complexity index is 890. The summed E-state index contributed by atoms with van der Waals surface area (Å²) >= 11 is 0. The van der Waals surface area contributed by atoms with Crippen molar-refractivity contribution in [1.82, 2.24) is 5.32 Å². The third-order valence-corrected chi connectivity index (χ3v) is 4.87. The van der Waals surface area contributed by atoms with Crippen molar-refractivity contribution in [3.05, 3.63) is 65.0 Å². The van der Waals surface area contributed by atoms with Gasteiger partial charge in [-0.3, -0.25) is 9.59 Å². The first kappa shape index (κ1) is 19.5. The summed E-state index contributed by atoms with van der Waals surface area (Å²) in [5.41, 5.74) is 0.898. The van der Waals surface area contributed by atoms with Gasteiger partial charge in [0.05, 0.1) is 11.3 Å². The van der Waals surface area contributed by atoms with Crippen LogP contribution in [0.1, 0.15) is 52.0 Å². The normalized spacial score (nSPS) is 13.9. The first-order valence-corrected chi connectivity index (χ1v) is 9.15.